The molecule has 0 aliphatic carbocycles. The van der Waals surface area contributed by atoms with Gasteiger partial charge >= 0.3 is 12.2 Å². The van der Waals surface area contributed by atoms with E-state index in [1.807, 2.05) is 42.5 Å². The number of nitrogens with zero attached hydrogens (tertiary/aromatic N) is 5. The third-order valence-corrected chi connectivity index (χ3v) is 5.18. The number of aromatic nitrogens is 4. The van der Waals surface area contributed by atoms with Gasteiger partial charge in [0, 0.05) is 0 Å². The quantitative estimate of drug-likeness (QED) is 0.403. The fraction of sp³-hybridized carbons (Fsp3) is 0.444. The van der Waals surface area contributed by atoms with E-state index in [1.54, 1.807) is 46.1 Å². The molecule has 2 amide bonds. The molecule has 4 rings (SSSR count). The zero-order valence-corrected chi connectivity index (χ0v) is 22.5. The van der Waals surface area contributed by atoms with Crippen LogP contribution >= 0.6 is 0 Å². The molecular formula is C27H33N5O6. The maximum atomic E-state index is 13.1. The van der Waals surface area contributed by atoms with Crippen LogP contribution in [0.5, 0.6) is 0 Å². The van der Waals surface area contributed by atoms with Crippen LogP contribution in [0.4, 0.5) is 15.4 Å². The van der Waals surface area contributed by atoms with Gasteiger partial charge in [-0.3, -0.25) is 4.57 Å². The molecule has 1 aliphatic rings. The third kappa shape index (κ3) is 6.73. The van der Waals surface area contributed by atoms with Gasteiger partial charge in [0.15, 0.2) is 23.2 Å². The Morgan fingerprint density at radius 1 is 0.947 bits per heavy atom. The molecule has 1 aliphatic heterocycles. The summed E-state index contributed by atoms with van der Waals surface area (Å²) < 4.78 is 24.5. The van der Waals surface area contributed by atoms with Crippen LogP contribution in [0.3, 0.4) is 0 Å². The van der Waals surface area contributed by atoms with Crippen LogP contribution in [-0.2, 0) is 25.6 Å². The number of rotatable bonds is 6. The van der Waals surface area contributed by atoms with Gasteiger partial charge in [0.05, 0.1) is 19.5 Å². The molecule has 0 saturated carbocycles. The highest BCUT2D eigenvalue weighted by Crippen LogP contribution is 2.30. The molecule has 2 atom stereocenters. The van der Waals surface area contributed by atoms with Gasteiger partial charge in [0.2, 0.25) is 0 Å². The first-order valence-corrected chi connectivity index (χ1v) is 12.3. The van der Waals surface area contributed by atoms with Gasteiger partial charge in [-0.2, -0.15) is 4.90 Å². The maximum Gasteiger partial charge on any atom is 0.425 e. The summed E-state index contributed by atoms with van der Waals surface area (Å²) in [4.78, 5) is 39.9. The lowest BCUT2D eigenvalue weighted by atomic mass is 10.2. The molecule has 11 heteroatoms. The summed E-state index contributed by atoms with van der Waals surface area (Å²) in [5, 5.41) is 0. The first-order chi connectivity index (χ1) is 17.9. The normalized spacial score (nSPS) is 17.5. The predicted octanol–water partition coefficient (Wildman–Crippen LogP) is 5.17. The van der Waals surface area contributed by atoms with Gasteiger partial charge in [-0.1, -0.05) is 36.4 Å². The summed E-state index contributed by atoms with van der Waals surface area (Å²) in [7, 11) is 0. The van der Waals surface area contributed by atoms with E-state index in [9.17, 15) is 9.59 Å². The Morgan fingerprint density at radius 2 is 1.61 bits per heavy atom. The van der Waals surface area contributed by atoms with E-state index < -0.39 is 29.6 Å². The number of hydrogen-bond acceptors (Lipinski definition) is 9. The molecule has 1 aromatic carbocycles. The Kier molecular flexibility index (Phi) is 7.79. The summed E-state index contributed by atoms with van der Waals surface area (Å²) in [5.41, 5.74) is -0.0562. The molecule has 0 saturated heterocycles. The van der Waals surface area contributed by atoms with E-state index >= 15 is 0 Å². The molecule has 38 heavy (non-hydrogen) atoms. The van der Waals surface area contributed by atoms with E-state index in [-0.39, 0.29) is 17.4 Å². The van der Waals surface area contributed by atoms with Gasteiger partial charge < -0.3 is 18.9 Å². The molecule has 0 N–H and O–H groups in total. The van der Waals surface area contributed by atoms with Crippen molar-refractivity contribution in [1.29, 1.82) is 0 Å². The van der Waals surface area contributed by atoms with Gasteiger partial charge in [0.25, 0.3) is 0 Å². The third-order valence-electron chi connectivity index (χ3n) is 5.18. The number of ether oxygens (including phenoxy) is 4. The highest BCUT2D eigenvalue weighted by molar-refractivity contribution is 6.12. The molecule has 3 heterocycles. The molecule has 11 nitrogen and oxygen atoms in total. The Morgan fingerprint density at radius 3 is 2.24 bits per heavy atom. The molecule has 0 fully saturated rings. The van der Waals surface area contributed by atoms with Crippen molar-refractivity contribution in [3.8, 4) is 0 Å². The maximum absolute atomic E-state index is 13.1. The van der Waals surface area contributed by atoms with Crippen LogP contribution in [-0.4, -0.2) is 55.6 Å². The van der Waals surface area contributed by atoms with Crippen molar-refractivity contribution in [2.24, 2.45) is 0 Å². The highest BCUT2D eigenvalue weighted by Gasteiger charge is 2.36. The number of anilines is 1. The van der Waals surface area contributed by atoms with Crippen LogP contribution in [0.25, 0.3) is 11.2 Å². The smallest absolute Gasteiger partial charge is 0.425 e. The second-order valence-electron chi connectivity index (χ2n) is 10.8. The van der Waals surface area contributed by atoms with Crippen LogP contribution in [0.1, 0.15) is 53.3 Å². The second kappa shape index (κ2) is 10.9. The fourth-order valence-electron chi connectivity index (χ4n) is 3.66. The fourth-order valence-corrected chi connectivity index (χ4v) is 3.66. The molecule has 202 valence electrons. The monoisotopic (exact) mass is 523 g/mol. The van der Waals surface area contributed by atoms with E-state index in [1.165, 1.54) is 12.7 Å². The summed E-state index contributed by atoms with van der Waals surface area (Å²) in [5.74, 6) is -0.0537. The van der Waals surface area contributed by atoms with Crippen LogP contribution in [0.15, 0.2) is 55.1 Å². The standard InChI is InChI=1S/C27H33N5O6/c1-26(2,3)37-24(33)32(25(34)38-27(4,5)6)23-21-22(28-16-29-23)31(17-30-21)20-13-12-19(36-20)15-35-14-18-10-8-7-9-11-18/h7-13,16-17,19-20H,14-15H2,1-6H3/t19-,20+/m0/s1. The molecule has 0 spiro atoms. The topological polar surface area (TPSA) is 118 Å². The Balaban J connectivity index is 1.54. The van der Waals surface area contributed by atoms with E-state index in [0.29, 0.717) is 18.9 Å². The Labute approximate surface area is 221 Å². The predicted molar refractivity (Wildman–Crippen MR) is 139 cm³/mol. The number of imidazole rings is 1. The zero-order chi connectivity index (χ0) is 27.5. The van der Waals surface area contributed by atoms with Crippen LogP contribution in [0, 0.1) is 0 Å². The van der Waals surface area contributed by atoms with Crippen molar-refractivity contribution in [2.45, 2.75) is 71.7 Å². The summed E-state index contributed by atoms with van der Waals surface area (Å²) in [6.07, 6.45) is 3.91. The number of fused-ring (bicyclic) bond motifs is 1. The largest absolute Gasteiger partial charge is 0.443 e. The first kappa shape index (κ1) is 27.2. The second-order valence-corrected chi connectivity index (χ2v) is 10.8. The molecule has 0 bridgehead atoms. The van der Waals surface area contributed by atoms with Gasteiger partial charge in [-0.05, 0) is 53.2 Å². The van der Waals surface area contributed by atoms with Crippen molar-refractivity contribution in [2.75, 3.05) is 11.5 Å². The number of benzene rings is 1. The van der Waals surface area contributed by atoms with Gasteiger partial charge in [0.1, 0.15) is 23.6 Å². The average Bonchev–Trinajstić information content (AvgIpc) is 3.45. The van der Waals surface area contributed by atoms with Gasteiger partial charge in [-0.25, -0.2) is 24.5 Å². The van der Waals surface area contributed by atoms with Crippen molar-refractivity contribution in [1.82, 2.24) is 19.5 Å². The van der Waals surface area contributed by atoms with Crippen molar-refractivity contribution < 1.29 is 28.5 Å². The van der Waals surface area contributed by atoms with Gasteiger partial charge in [-0.15, -0.1) is 0 Å². The number of hydrogen-bond donors (Lipinski definition) is 0. The van der Waals surface area contributed by atoms with E-state index in [4.69, 9.17) is 18.9 Å². The lowest BCUT2D eigenvalue weighted by Crippen LogP contribution is -2.44. The summed E-state index contributed by atoms with van der Waals surface area (Å²) in [6.45, 7) is 11.1. The zero-order valence-electron chi connectivity index (χ0n) is 22.5. The minimum absolute atomic E-state index is 0.0537. The first-order valence-electron chi connectivity index (χ1n) is 12.3. The van der Waals surface area contributed by atoms with E-state index in [2.05, 4.69) is 15.0 Å². The summed E-state index contributed by atoms with van der Waals surface area (Å²) in [6, 6.07) is 9.89. The van der Waals surface area contributed by atoms with Crippen molar-refractivity contribution in [3.05, 3.63) is 60.7 Å². The Bertz CT molecular complexity index is 1280. The molecule has 3 aromatic rings. The number of carbonyl (C=O) groups excluding carboxylic acids is 2. The SMILES string of the molecule is CC(C)(C)OC(=O)N(C(=O)OC(C)(C)C)c1ncnc2c1ncn2[C@H]1C=C[C@@H](COCc2ccccc2)O1. The number of carbonyl (C=O) groups is 2. The number of imide groups is 1. The lowest BCUT2D eigenvalue weighted by molar-refractivity contribution is -0.0313. The molecule has 0 unspecified atom stereocenters. The van der Waals surface area contributed by atoms with Crippen LogP contribution in [0.2, 0.25) is 0 Å². The molecular weight excluding hydrogens is 490 g/mol. The Hall–Kier alpha value is -3.83. The molecule has 0 radical (unpaired) electrons. The lowest BCUT2D eigenvalue weighted by Gasteiger charge is -2.28. The highest BCUT2D eigenvalue weighted by atomic mass is 16.6. The minimum atomic E-state index is -0.936. The van der Waals surface area contributed by atoms with E-state index in [0.717, 1.165) is 10.5 Å². The van der Waals surface area contributed by atoms with Crippen molar-refractivity contribution in [3.63, 3.8) is 0 Å². The van der Waals surface area contributed by atoms with Crippen molar-refractivity contribution >= 4 is 29.2 Å². The minimum Gasteiger partial charge on any atom is -0.443 e. The van der Waals surface area contributed by atoms with Crippen LogP contribution < -0.4 is 4.90 Å². The average molecular weight is 524 g/mol. The summed E-state index contributed by atoms with van der Waals surface area (Å²) >= 11 is 0. The molecule has 2 aromatic heterocycles. The number of amides is 2.